The van der Waals surface area contributed by atoms with Crippen LogP contribution in [0, 0.1) is 0 Å². The van der Waals surface area contributed by atoms with Crippen molar-refractivity contribution in [1.29, 1.82) is 0 Å². The largest absolute Gasteiger partial charge is 0.329 e. The average molecular weight is 406 g/mol. The summed E-state index contributed by atoms with van der Waals surface area (Å²) in [5.74, 6) is 0.958. The van der Waals surface area contributed by atoms with Crippen molar-refractivity contribution in [3.63, 3.8) is 0 Å². The number of carbonyl (C=O) groups excluding carboxylic acids is 1. The molecule has 0 spiro atoms. The molecule has 0 bridgehead atoms. The lowest BCUT2D eigenvalue weighted by molar-refractivity contribution is 0.0728. The summed E-state index contributed by atoms with van der Waals surface area (Å²) < 4.78 is 2.05. The summed E-state index contributed by atoms with van der Waals surface area (Å²) in [6, 6.07) is 9.72. The smallest absolute Gasteiger partial charge is 0.264 e. The van der Waals surface area contributed by atoms with Crippen LogP contribution in [-0.4, -0.2) is 26.4 Å². The highest BCUT2D eigenvalue weighted by atomic mass is 35.5. The minimum absolute atomic E-state index is 0.0894. The quantitative estimate of drug-likeness (QED) is 0.571. The van der Waals surface area contributed by atoms with E-state index in [1.807, 2.05) is 40.7 Å². The first kappa shape index (κ1) is 17.6. The zero-order valence-electron chi connectivity index (χ0n) is 13.9. The average Bonchev–Trinajstić information content (AvgIpc) is 3.14. The fourth-order valence-corrected chi connectivity index (χ4v) is 3.92. The monoisotopic (exact) mass is 405 g/mol. The second-order valence-electron chi connectivity index (χ2n) is 6.36. The Bertz CT molecular complexity index is 919. The molecule has 4 nitrogen and oxygen atoms in total. The van der Waals surface area contributed by atoms with Crippen LogP contribution in [0.25, 0.3) is 0 Å². The molecule has 134 valence electrons. The Labute approximate surface area is 166 Å². The lowest BCUT2D eigenvalue weighted by atomic mass is 10.2. The van der Waals surface area contributed by atoms with E-state index in [-0.39, 0.29) is 5.91 Å². The molecule has 7 heteroatoms. The zero-order chi connectivity index (χ0) is 18.1. The van der Waals surface area contributed by atoms with Gasteiger partial charge in [-0.15, -0.1) is 11.3 Å². The molecule has 1 amide bonds. The first-order chi connectivity index (χ1) is 12.6. The highest BCUT2D eigenvalue weighted by Crippen LogP contribution is 2.30. The van der Waals surface area contributed by atoms with Crippen molar-refractivity contribution in [3.05, 3.63) is 74.4 Å². The zero-order valence-corrected chi connectivity index (χ0v) is 16.3. The van der Waals surface area contributed by atoms with Crippen molar-refractivity contribution in [2.24, 2.45) is 0 Å². The molecule has 1 aliphatic rings. The molecule has 0 unspecified atom stereocenters. The minimum Gasteiger partial charge on any atom is -0.329 e. The molecule has 1 saturated carbocycles. The van der Waals surface area contributed by atoms with Crippen LogP contribution in [0.2, 0.25) is 10.0 Å². The van der Waals surface area contributed by atoms with Gasteiger partial charge >= 0.3 is 0 Å². The van der Waals surface area contributed by atoms with E-state index in [0.29, 0.717) is 29.2 Å². The van der Waals surface area contributed by atoms with Crippen LogP contribution in [0.1, 0.15) is 33.9 Å². The summed E-state index contributed by atoms with van der Waals surface area (Å²) in [6.45, 7) is 1.15. The van der Waals surface area contributed by atoms with Crippen LogP contribution in [0.5, 0.6) is 0 Å². The molecule has 1 aromatic carbocycles. The van der Waals surface area contributed by atoms with Gasteiger partial charge in [0, 0.05) is 25.0 Å². The molecule has 1 aliphatic carbocycles. The van der Waals surface area contributed by atoms with E-state index < -0.39 is 0 Å². The van der Waals surface area contributed by atoms with E-state index in [4.69, 9.17) is 23.2 Å². The highest BCUT2D eigenvalue weighted by molar-refractivity contribution is 7.12. The number of rotatable bonds is 6. The van der Waals surface area contributed by atoms with E-state index in [1.165, 1.54) is 11.3 Å². The van der Waals surface area contributed by atoms with Crippen LogP contribution in [0.15, 0.2) is 48.1 Å². The molecule has 0 N–H and O–H groups in total. The third-order valence-electron chi connectivity index (χ3n) is 4.43. The van der Waals surface area contributed by atoms with Crippen molar-refractivity contribution in [2.45, 2.75) is 32.0 Å². The van der Waals surface area contributed by atoms with Gasteiger partial charge in [-0.3, -0.25) is 4.79 Å². The highest BCUT2D eigenvalue weighted by Gasteiger charge is 2.34. The molecule has 0 radical (unpaired) electrons. The molecule has 26 heavy (non-hydrogen) atoms. The molecule has 0 saturated heterocycles. The van der Waals surface area contributed by atoms with Gasteiger partial charge in [-0.1, -0.05) is 35.3 Å². The van der Waals surface area contributed by atoms with Crippen molar-refractivity contribution in [1.82, 2.24) is 14.5 Å². The van der Waals surface area contributed by atoms with E-state index in [9.17, 15) is 4.79 Å². The van der Waals surface area contributed by atoms with Crippen molar-refractivity contribution < 1.29 is 4.79 Å². The van der Waals surface area contributed by atoms with E-state index in [0.717, 1.165) is 29.1 Å². The molecule has 2 aromatic heterocycles. The predicted molar refractivity (Wildman–Crippen MR) is 105 cm³/mol. The Morgan fingerprint density at radius 3 is 2.81 bits per heavy atom. The summed E-state index contributed by atoms with van der Waals surface area (Å²) in [6.07, 6.45) is 5.82. The van der Waals surface area contributed by atoms with Gasteiger partial charge < -0.3 is 9.47 Å². The molecule has 0 atom stereocenters. The summed E-state index contributed by atoms with van der Waals surface area (Å²) >= 11 is 13.6. The van der Waals surface area contributed by atoms with Gasteiger partial charge in [-0.2, -0.15) is 0 Å². The van der Waals surface area contributed by atoms with Crippen molar-refractivity contribution >= 4 is 40.4 Å². The fraction of sp³-hybridized carbons (Fsp3) is 0.263. The van der Waals surface area contributed by atoms with Crippen LogP contribution in [0.3, 0.4) is 0 Å². The van der Waals surface area contributed by atoms with Gasteiger partial charge in [0.2, 0.25) is 0 Å². The Kier molecular flexibility index (Phi) is 5.02. The van der Waals surface area contributed by atoms with Crippen LogP contribution in [-0.2, 0) is 13.1 Å². The molecular formula is C19H17Cl2N3OS. The second-order valence-corrected chi connectivity index (χ2v) is 8.12. The van der Waals surface area contributed by atoms with Crippen molar-refractivity contribution in [2.75, 3.05) is 0 Å². The van der Waals surface area contributed by atoms with Gasteiger partial charge in [-0.25, -0.2) is 4.98 Å². The number of hydrogen-bond donors (Lipinski definition) is 0. The van der Waals surface area contributed by atoms with Crippen LogP contribution in [0.4, 0.5) is 0 Å². The summed E-state index contributed by atoms with van der Waals surface area (Å²) in [5, 5.41) is 3.02. The number of halogens is 2. The Morgan fingerprint density at radius 1 is 1.27 bits per heavy atom. The molecule has 4 rings (SSSR count). The van der Waals surface area contributed by atoms with Gasteiger partial charge in [0.15, 0.2) is 0 Å². The minimum atomic E-state index is 0.0894. The SMILES string of the molecule is O=C(c1cccs1)N(Cc1nccn1Cc1ccc(Cl)c(Cl)c1)C1CC1. The number of carbonyl (C=O) groups is 1. The van der Waals surface area contributed by atoms with E-state index in [2.05, 4.69) is 9.55 Å². The summed E-state index contributed by atoms with van der Waals surface area (Å²) in [4.78, 5) is 20.0. The number of amides is 1. The Morgan fingerprint density at radius 2 is 2.12 bits per heavy atom. The van der Waals surface area contributed by atoms with Gasteiger partial charge in [-0.05, 0) is 42.0 Å². The van der Waals surface area contributed by atoms with Crippen molar-refractivity contribution in [3.8, 4) is 0 Å². The lowest BCUT2D eigenvalue weighted by Gasteiger charge is -2.22. The summed E-state index contributed by atoms with van der Waals surface area (Å²) in [7, 11) is 0. The number of imidazole rings is 1. The van der Waals surface area contributed by atoms with E-state index in [1.54, 1.807) is 12.3 Å². The maximum absolute atomic E-state index is 12.8. The standard InChI is InChI=1S/C19H17Cl2N3OS/c20-15-6-3-13(10-16(15)21)11-23-8-7-22-18(23)12-24(14-4-5-14)19(25)17-2-1-9-26-17/h1-3,6-10,14H,4-5,11-12H2. The van der Waals surface area contributed by atoms with E-state index >= 15 is 0 Å². The first-order valence-electron chi connectivity index (χ1n) is 8.40. The number of hydrogen-bond acceptors (Lipinski definition) is 3. The third kappa shape index (κ3) is 3.80. The molecule has 3 aromatic rings. The molecular weight excluding hydrogens is 389 g/mol. The number of thiophene rings is 1. The topological polar surface area (TPSA) is 38.1 Å². The summed E-state index contributed by atoms with van der Waals surface area (Å²) in [5.41, 5.74) is 1.04. The van der Waals surface area contributed by atoms with Crippen LogP contribution >= 0.6 is 34.5 Å². The van der Waals surface area contributed by atoms with Gasteiger partial charge in [0.1, 0.15) is 5.82 Å². The Hall–Kier alpha value is -1.82. The second kappa shape index (κ2) is 7.43. The van der Waals surface area contributed by atoms with Gasteiger partial charge in [0.05, 0.1) is 21.5 Å². The maximum atomic E-state index is 12.8. The maximum Gasteiger partial charge on any atom is 0.264 e. The Balaban J connectivity index is 1.53. The molecule has 2 heterocycles. The molecule has 0 aliphatic heterocycles. The molecule has 1 fully saturated rings. The number of aromatic nitrogens is 2. The lowest BCUT2D eigenvalue weighted by Crippen LogP contribution is -2.33. The fourth-order valence-electron chi connectivity index (χ4n) is 2.92. The number of nitrogens with zero attached hydrogens (tertiary/aromatic N) is 3. The first-order valence-corrected chi connectivity index (χ1v) is 10.0. The predicted octanol–water partition coefficient (Wildman–Crippen LogP) is 5.10. The van der Waals surface area contributed by atoms with Crippen LogP contribution < -0.4 is 0 Å². The third-order valence-corrected chi connectivity index (χ3v) is 6.03. The van der Waals surface area contributed by atoms with Gasteiger partial charge in [0.25, 0.3) is 5.91 Å². The normalized spacial score (nSPS) is 13.8. The number of benzene rings is 1.